The van der Waals surface area contributed by atoms with E-state index in [0.29, 0.717) is 11.2 Å². The van der Waals surface area contributed by atoms with Gasteiger partial charge in [-0.2, -0.15) is 0 Å². The van der Waals surface area contributed by atoms with Crippen LogP contribution in [-0.2, 0) is 3.75 Å². The summed E-state index contributed by atoms with van der Waals surface area (Å²) in [5.41, 5.74) is 0.645. The summed E-state index contributed by atoms with van der Waals surface area (Å²) in [6.07, 6.45) is 0. The fourth-order valence-electron chi connectivity index (χ4n) is 0.847. The Balaban J connectivity index is 2.86. The second-order valence-corrected chi connectivity index (χ2v) is 2.59. The third-order valence-corrected chi connectivity index (χ3v) is 1.82. The van der Waals surface area contributed by atoms with Gasteiger partial charge in [-0.15, -0.1) is 0 Å². The zero-order chi connectivity index (χ0) is 8.97. The number of hydrogen-bond donors (Lipinski definition) is 1. The largest absolute Gasteiger partial charge is 0.502 e. The van der Waals surface area contributed by atoms with Crippen LogP contribution < -0.4 is 10.2 Å². The molecule has 0 atom stereocenters. The average molecular weight is 231 g/mol. The van der Waals surface area contributed by atoms with E-state index in [2.05, 4.69) is 20.0 Å². The summed E-state index contributed by atoms with van der Waals surface area (Å²) < 4.78 is 9.52. The second-order valence-electron chi connectivity index (χ2n) is 2.22. The zero-order valence-corrected chi connectivity index (χ0v) is 8.11. The molecule has 12 heavy (non-hydrogen) atoms. The van der Waals surface area contributed by atoms with E-state index in [9.17, 15) is 5.02 Å². The van der Waals surface area contributed by atoms with Gasteiger partial charge >= 0.3 is 7.12 Å². The maximum Gasteiger partial charge on any atom is 0.502 e. The quantitative estimate of drug-likeness (QED) is 0.778. The van der Waals surface area contributed by atoms with Crippen molar-refractivity contribution < 1.29 is 13.5 Å². The van der Waals surface area contributed by atoms with Crippen LogP contribution in [0, 0.1) is 0 Å². The van der Waals surface area contributed by atoms with Crippen molar-refractivity contribution >= 4 is 28.8 Å². The minimum absolute atomic E-state index is 0.645. The van der Waals surface area contributed by atoms with Crippen molar-refractivity contribution in [1.29, 1.82) is 0 Å². The number of hydrogen-bond acceptors (Lipinski definition) is 3. The third kappa shape index (κ3) is 2.23. The van der Waals surface area contributed by atoms with E-state index >= 15 is 0 Å². The van der Waals surface area contributed by atoms with E-state index in [1.54, 1.807) is 31.4 Å². The average Bonchev–Trinajstić information content (AvgIpc) is 2.17. The lowest BCUT2D eigenvalue weighted by Crippen LogP contribution is -2.30. The minimum atomic E-state index is -0.958. The predicted octanol–water partition coefficient (Wildman–Crippen LogP) is 0.709. The molecule has 0 bridgehead atoms. The lowest BCUT2D eigenvalue weighted by atomic mass is 9.80. The Labute approximate surface area is 79.9 Å². The topological polar surface area (TPSA) is 38.7 Å². The van der Waals surface area contributed by atoms with Crippen molar-refractivity contribution in [3.8, 4) is 5.75 Å². The molecule has 0 saturated carbocycles. The number of halogens is 1. The van der Waals surface area contributed by atoms with E-state index in [-0.39, 0.29) is 0 Å². The van der Waals surface area contributed by atoms with Gasteiger partial charge < -0.3 is 13.5 Å². The van der Waals surface area contributed by atoms with Crippen molar-refractivity contribution in [2.24, 2.45) is 0 Å². The van der Waals surface area contributed by atoms with Gasteiger partial charge in [0.05, 0.1) is 23.4 Å². The molecule has 1 rings (SSSR count). The van der Waals surface area contributed by atoms with Crippen molar-refractivity contribution in [3.05, 3.63) is 24.3 Å². The van der Waals surface area contributed by atoms with Gasteiger partial charge in [0.25, 0.3) is 0 Å². The van der Waals surface area contributed by atoms with Crippen LogP contribution >= 0.6 is 16.3 Å². The monoisotopic (exact) mass is 230 g/mol. The molecule has 5 heteroatoms. The molecular formula is C7H8BBrO3. The smallest absolute Gasteiger partial charge is 0.497 e. The predicted molar refractivity (Wildman–Crippen MR) is 50.6 cm³/mol. The molecule has 0 aliphatic rings. The summed E-state index contributed by atoms with van der Waals surface area (Å²) >= 11 is 2.71. The van der Waals surface area contributed by atoms with Gasteiger partial charge in [0.15, 0.2) is 0 Å². The molecule has 1 aromatic rings. The molecule has 0 aromatic heterocycles. The Kier molecular flexibility index (Phi) is 3.59. The highest BCUT2D eigenvalue weighted by atomic mass is 79.9. The molecule has 0 spiro atoms. The van der Waals surface area contributed by atoms with Gasteiger partial charge in [0, 0.05) is 0 Å². The first-order valence-electron chi connectivity index (χ1n) is 3.37. The first-order chi connectivity index (χ1) is 5.77. The van der Waals surface area contributed by atoms with Crippen LogP contribution in [0.1, 0.15) is 0 Å². The summed E-state index contributed by atoms with van der Waals surface area (Å²) in [6, 6.07) is 7.02. The third-order valence-electron chi connectivity index (χ3n) is 1.46. The van der Waals surface area contributed by atoms with Crippen LogP contribution in [-0.4, -0.2) is 19.3 Å². The Bertz CT molecular complexity index is 256. The Morgan fingerprint density at radius 3 is 2.83 bits per heavy atom. The standard InChI is InChI=1S/C7H8BBrO3/c1-11-7-4-2-3-6(5-7)8(10)12-9/h2-5,10H,1H3. The maximum absolute atomic E-state index is 9.22. The summed E-state index contributed by atoms with van der Waals surface area (Å²) in [6.45, 7) is 0. The van der Waals surface area contributed by atoms with E-state index in [1.807, 2.05) is 0 Å². The normalized spacial score (nSPS) is 9.58. The molecule has 3 nitrogen and oxygen atoms in total. The Morgan fingerprint density at radius 2 is 2.25 bits per heavy atom. The number of benzene rings is 1. The molecule has 0 aliphatic carbocycles. The summed E-state index contributed by atoms with van der Waals surface area (Å²) in [7, 11) is 0.612. The molecule has 0 saturated heterocycles. The van der Waals surface area contributed by atoms with Crippen LogP contribution in [0.3, 0.4) is 0 Å². The van der Waals surface area contributed by atoms with Gasteiger partial charge in [-0.25, -0.2) is 0 Å². The minimum Gasteiger partial charge on any atom is -0.497 e. The van der Waals surface area contributed by atoms with Crippen LogP contribution in [0.25, 0.3) is 0 Å². The van der Waals surface area contributed by atoms with Crippen LogP contribution in [0.5, 0.6) is 5.75 Å². The number of ether oxygens (including phenoxy) is 1. The first kappa shape index (κ1) is 9.57. The SMILES string of the molecule is COc1cccc(B(O)OBr)c1. The number of methoxy groups -OCH3 is 1. The summed E-state index contributed by atoms with van der Waals surface area (Å²) in [4.78, 5) is 0. The molecule has 1 N–H and O–H groups in total. The molecular weight excluding hydrogens is 223 g/mol. The van der Waals surface area contributed by atoms with Crippen LogP contribution in [0.2, 0.25) is 0 Å². The Morgan fingerprint density at radius 1 is 1.50 bits per heavy atom. The van der Waals surface area contributed by atoms with E-state index in [0.717, 1.165) is 0 Å². The summed E-state index contributed by atoms with van der Waals surface area (Å²) in [5.74, 6) is 0.691. The number of rotatable bonds is 3. The van der Waals surface area contributed by atoms with Gasteiger partial charge in [-0.1, -0.05) is 12.1 Å². The molecule has 64 valence electrons. The lowest BCUT2D eigenvalue weighted by molar-refractivity contribution is 0.414. The van der Waals surface area contributed by atoms with Gasteiger partial charge in [0.1, 0.15) is 5.75 Å². The van der Waals surface area contributed by atoms with Gasteiger partial charge in [-0.05, 0) is 17.6 Å². The highest BCUT2D eigenvalue weighted by Crippen LogP contribution is 2.06. The van der Waals surface area contributed by atoms with E-state index < -0.39 is 7.12 Å². The van der Waals surface area contributed by atoms with E-state index in [4.69, 9.17) is 4.74 Å². The fraction of sp³-hybridized carbons (Fsp3) is 0.143. The Hall–Kier alpha value is -0.515. The van der Waals surface area contributed by atoms with Crippen molar-refractivity contribution in [2.75, 3.05) is 7.11 Å². The second kappa shape index (κ2) is 4.50. The fourth-order valence-corrected chi connectivity index (χ4v) is 1.06. The lowest BCUT2D eigenvalue weighted by Gasteiger charge is -2.04. The van der Waals surface area contributed by atoms with Crippen LogP contribution in [0.15, 0.2) is 24.3 Å². The van der Waals surface area contributed by atoms with E-state index in [1.165, 1.54) is 0 Å². The van der Waals surface area contributed by atoms with Crippen molar-refractivity contribution in [3.63, 3.8) is 0 Å². The van der Waals surface area contributed by atoms with Gasteiger partial charge in [-0.3, -0.25) is 0 Å². The molecule has 0 fully saturated rings. The van der Waals surface area contributed by atoms with Crippen LogP contribution in [0.4, 0.5) is 0 Å². The molecule has 0 amide bonds. The zero-order valence-electron chi connectivity index (χ0n) is 6.53. The first-order valence-corrected chi connectivity index (χ1v) is 4.02. The summed E-state index contributed by atoms with van der Waals surface area (Å²) in [5, 5.41) is 9.22. The molecule has 1 aromatic carbocycles. The molecule has 0 unspecified atom stereocenters. The maximum atomic E-state index is 9.22. The highest BCUT2D eigenvalue weighted by molar-refractivity contribution is 9.06. The highest BCUT2D eigenvalue weighted by Gasteiger charge is 2.15. The molecule has 0 heterocycles. The van der Waals surface area contributed by atoms with Crippen molar-refractivity contribution in [1.82, 2.24) is 0 Å². The molecule has 0 aliphatic heterocycles. The molecule has 0 radical (unpaired) electrons. The van der Waals surface area contributed by atoms with Crippen molar-refractivity contribution in [2.45, 2.75) is 0 Å². The van der Waals surface area contributed by atoms with Gasteiger partial charge in [0.2, 0.25) is 0 Å².